The minimum atomic E-state index is -0.383. The average Bonchev–Trinajstić information content (AvgIpc) is 2.39. The van der Waals surface area contributed by atoms with Crippen LogP contribution in [0.15, 0.2) is 18.2 Å². The van der Waals surface area contributed by atoms with Gasteiger partial charge in [-0.15, -0.1) is 0 Å². The molecule has 1 aromatic carbocycles. The second kappa shape index (κ2) is 6.50. The van der Waals surface area contributed by atoms with E-state index in [1.54, 1.807) is 13.2 Å². The van der Waals surface area contributed by atoms with Crippen molar-refractivity contribution in [3.05, 3.63) is 34.6 Å². The Morgan fingerprint density at radius 1 is 1.39 bits per heavy atom. The van der Waals surface area contributed by atoms with Gasteiger partial charge in [0.25, 0.3) is 0 Å². The highest BCUT2D eigenvalue weighted by molar-refractivity contribution is 6.31. The van der Waals surface area contributed by atoms with Crippen LogP contribution < -0.4 is 5.32 Å². The van der Waals surface area contributed by atoms with Gasteiger partial charge in [-0.25, -0.2) is 4.39 Å². The number of halogens is 2. The SMILES string of the molecule is CCC(CC)(OC)C(NC)c1cc(F)ccc1Cl. The number of likely N-dealkylation sites (N-methyl/N-ethyl adjacent to an activating group) is 1. The summed E-state index contributed by atoms with van der Waals surface area (Å²) in [6, 6.07) is 4.29. The molecule has 1 aromatic rings. The molecule has 4 heteroatoms. The van der Waals surface area contributed by atoms with Crippen LogP contribution in [0.25, 0.3) is 0 Å². The number of benzene rings is 1. The molecule has 1 N–H and O–H groups in total. The Kier molecular flexibility index (Phi) is 5.57. The van der Waals surface area contributed by atoms with Crippen LogP contribution in [0.1, 0.15) is 38.3 Å². The monoisotopic (exact) mass is 273 g/mol. The predicted octanol–water partition coefficient (Wildman–Crippen LogP) is 3.94. The van der Waals surface area contributed by atoms with Gasteiger partial charge < -0.3 is 10.1 Å². The molecule has 1 rings (SSSR count). The van der Waals surface area contributed by atoms with Crippen molar-refractivity contribution in [1.82, 2.24) is 5.32 Å². The summed E-state index contributed by atoms with van der Waals surface area (Å²) in [5.74, 6) is -0.285. The summed E-state index contributed by atoms with van der Waals surface area (Å²) in [6.45, 7) is 4.12. The van der Waals surface area contributed by atoms with E-state index in [-0.39, 0.29) is 17.5 Å². The Morgan fingerprint density at radius 2 is 2.00 bits per heavy atom. The van der Waals surface area contributed by atoms with Gasteiger partial charge in [-0.2, -0.15) is 0 Å². The van der Waals surface area contributed by atoms with Gasteiger partial charge >= 0.3 is 0 Å². The van der Waals surface area contributed by atoms with Crippen molar-refractivity contribution in [3.63, 3.8) is 0 Å². The molecule has 0 aromatic heterocycles. The summed E-state index contributed by atoms with van der Waals surface area (Å²) < 4.78 is 19.1. The van der Waals surface area contributed by atoms with Crippen LogP contribution >= 0.6 is 11.6 Å². The molecule has 0 amide bonds. The molecule has 0 saturated heterocycles. The third kappa shape index (κ3) is 2.85. The molecule has 0 aliphatic heterocycles. The van der Waals surface area contributed by atoms with Crippen LogP contribution in [0.5, 0.6) is 0 Å². The fraction of sp³-hybridized carbons (Fsp3) is 0.571. The number of nitrogens with one attached hydrogen (secondary N) is 1. The smallest absolute Gasteiger partial charge is 0.123 e. The van der Waals surface area contributed by atoms with E-state index in [9.17, 15) is 4.39 Å². The highest BCUT2D eigenvalue weighted by Gasteiger charge is 2.37. The maximum Gasteiger partial charge on any atom is 0.123 e. The zero-order valence-electron chi connectivity index (χ0n) is 11.4. The Bertz CT molecular complexity index is 385. The molecule has 0 radical (unpaired) electrons. The van der Waals surface area contributed by atoms with Gasteiger partial charge in [-0.1, -0.05) is 25.4 Å². The van der Waals surface area contributed by atoms with E-state index in [0.29, 0.717) is 5.02 Å². The Labute approximate surface area is 113 Å². The van der Waals surface area contributed by atoms with Crippen molar-refractivity contribution in [2.24, 2.45) is 0 Å². The van der Waals surface area contributed by atoms with E-state index in [2.05, 4.69) is 19.2 Å². The molecule has 0 bridgehead atoms. The van der Waals surface area contributed by atoms with Gasteiger partial charge in [0.15, 0.2) is 0 Å². The van der Waals surface area contributed by atoms with Crippen LogP contribution in [0, 0.1) is 5.82 Å². The fourth-order valence-corrected chi connectivity index (χ4v) is 2.73. The second-order valence-electron chi connectivity index (χ2n) is 4.36. The van der Waals surface area contributed by atoms with Gasteiger partial charge in [0, 0.05) is 12.1 Å². The highest BCUT2D eigenvalue weighted by atomic mass is 35.5. The minimum absolute atomic E-state index is 0.138. The maximum atomic E-state index is 13.4. The molecular weight excluding hydrogens is 253 g/mol. The molecule has 0 aliphatic rings. The largest absolute Gasteiger partial charge is 0.376 e. The van der Waals surface area contributed by atoms with E-state index in [4.69, 9.17) is 16.3 Å². The first-order valence-electron chi connectivity index (χ1n) is 6.22. The third-order valence-electron chi connectivity index (χ3n) is 3.69. The average molecular weight is 274 g/mol. The lowest BCUT2D eigenvalue weighted by molar-refractivity contribution is -0.0468. The topological polar surface area (TPSA) is 21.3 Å². The van der Waals surface area contributed by atoms with Gasteiger partial charge in [-0.3, -0.25) is 0 Å². The van der Waals surface area contributed by atoms with Crippen molar-refractivity contribution in [2.75, 3.05) is 14.2 Å². The van der Waals surface area contributed by atoms with Crippen LogP contribution in [0.4, 0.5) is 4.39 Å². The molecule has 102 valence electrons. The lowest BCUT2D eigenvalue weighted by Crippen LogP contribution is -2.43. The second-order valence-corrected chi connectivity index (χ2v) is 4.77. The summed E-state index contributed by atoms with van der Waals surface area (Å²) >= 11 is 6.18. The van der Waals surface area contributed by atoms with Crippen LogP contribution in [0.3, 0.4) is 0 Å². The normalized spacial score (nSPS) is 13.7. The molecule has 18 heavy (non-hydrogen) atoms. The summed E-state index contributed by atoms with van der Waals surface area (Å²) in [5.41, 5.74) is 0.358. The van der Waals surface area contributed by atoms with Gasteiger partial charge in [0.2, 0.25) is 0 Å². The molecule has 0 saturated carbocycles. The molecule has 1 atom stereocenters. The molecule has 1 unspecified atom stereocenters. The Morgan fingerprint density at radius 3 is 2.44 bits per heavy atom. The maximum absolute atomic E-state index is 13.4. The highest BCUT2D eigenvalue weighted by Crippen LogP contribution is 2.37. The Hall–Kier alpha value is -0.640. The van der Waals surface area contributed by atoms with Crippen LogP contribution in [0.2, 0.25) is 5.02 Å². The van der Waals surface area contributed by atoms with Crippen molar-refractivity contribution in [1.29, 1.82) is 0 Å². The van der Waals surface area contributed by atoms with Crippen LogP contribution in [-0.2, 0) is 4.74 Å². The number of ether oxygens (including phenoxy) is 1. The predicted molar refractivity (Wildman–Crippen MR) is 73.5 cm³/mol. The minimum Gasteiger partial charge on any atom is -0.376 e. The zero-order chi connectivity index (χ0) is 13.8. The quantitative estimate of drug-likeness (QED) is 0.847. The van der Waals surface area contributed by atoms with Crippen LogP contribution in [-0.4, -0.2) is 19.8 Å². The van der Waals surface area contributed by atoms with Crippen molar-refractivity contribution in [2.45, 2.75) is 38.3 Å². The first-order chi connectivity index (χ1) is 8.54. The van der Waals surface area contributed by atoms with Gasteiger partial charge in [0.05, 0.1) is 11.6 Å². The standard InChI is InChI=1S/C14H21ClFNO/c1-5-14(6-2,18-4)13(17-3)11-9-10(16)7-8-12(11)15/h7-9,13,17H,5-6H2,1-4H3. The summed E-state index contributed by atoms with van der Waals surface area (Å²) in [7, 11) is 3.52. The number of hydrogen-bond donors (Lipinski definition) is 1. The molecular formula is C14H21ClFNO. The number of rotatable bonds is 6. The van der Waals surface area contributed by atoms with E-state index >= 15 is 0 Å². The molecule has 0 heterocycles. The van der Waals surface area contributed by atoms with E-state index in [1.807, 2.05) is 7.05 Å². The lowest BCUT2D eigenvalue weighted by atomic mass is 9.84. The number of methoxy groups -OCH3 is 1. The van der Waals surface area contributed by atoms with Crippen molar-refractivity contribution in [3.8, 4) is 0 Å². The molecule has 0 aliphatic carbocycles. The van der Waals surface area contributed by atoms with E-state index in [1.165, 1.54) is 12.1 Å². The zero-order valence-corrected chi connectivity index (χ0v) is 12.1. The van der Waals surface area contributed by atoms with E-state index in [0.717, 1.165) is 18.4 Å². The Balaban J connectivity index is 3.27. The van der Waals surface area contributed by atoms with Gasteiger partial charge in [-0.05, 0) is 43.7 Å². The molecule has 0 fully saturated rings. The molecule has 2 nitrogen and oxygen atoms in total. The fourth-order valence-electron chi connectivity index (χ4n) is 2.50. The first-order valence-corrected chi connectivity index (χ1v) is 6.59. The first kappa shape index (κ1) is 15.4. The third-order valence-corrected chi connectivity index (χ3v) is 4.03. The van der Waals surface area contributed by atoms with E-state index < -0.39 is 0 Å². The number of hydrogen-bond acceptors (Lipinski definition) is 2. The van der Waals surface area contributed by atoms with Crippen molar-refractivity contribution < 1.29 is 9.13 Å². The van der Waals surface area contributed by atoms with Gasteiger partial charge in [0.1, 0.15) is 5.82 Å². The lowest BCUT2D eigenvalue weighted by Gasteiger charge is -2.39. The summed E-state index contributed by atoms with van der Waals surface area (Å²) in [5, 5.41) is 3.76. The molecule has 0 spiro atoms. The summed E-state index contributed by atoms with van der Waals surface area (Å²) in [4.78, 5) is 0. The van der Waals surface area contributed by atoms with Crippen molar-refractivity contribution >= 4 is 11.6 Å². The summed E-state index contributed by atoms with van der Waals surface area (Å²) in [6.07, 6.45) is 1.64.